The van der Waals surface area contributed by atoms with Crippen LogP contribution in [-0.4, -0.2) is 16.9 Å². The molecule has 3 nitrogen and oxygen atoms in total. The Kier molecular flexibility index (Phi) is 29.0. The van der Waals surface area contributed by atoms with E-state index in [0.29, 0.717) is 12.2 Å². The Bertz CT molecular complexity index is 895. The summed E-state index contributed by atoms with van der Waals surface area (Å²) in [6, 6.07) is 0. The number of carbonyl (C=O) groups is 2. The predicted octanol–water partition coefficient (Wildman–Crippen LogP) is 14.0. The van der Waals surface area contributed by atoms with E-state index in [1.807, 2.05) is 0 Å². The molecule has 0 aromatic heterocycles. The monoisotopic (exact) mass is 641 g/mol. The van der Waals surface area contributed by atoms with Gasteiger partial charge in [0.25, 0.3) is 0 Å². The summed E-state index contributed by atoms with van der Waals surface area (Å²) in [5.41, 5.74) is 0.396. The molecule has 46 heavy (non-hydrogen) atoms. The molecule has 0 atom stereocenters. The number of Topliss-reactive ketones (excluding diaryl/α,β-unsaturated/α-hetero) is 1. The molecule has 0 amide bonds. The van der Waals surface area contributed by atoms with Crippen molar-refractivity contribution in [1.82, 2.24) is 0 Å². The lowest BCUT2D eigenvalue weighted by Crippen LogP contribution is -2.07. The van der Waals surface area contributed by atoms with Gasteiger partial charge in [0.05, 0.1) is 0 Å². The molecule has 0 aliphatic heterocycles. The van der Waals surface area contributed by atoms with Gasteiger partial charge in [0, 0.05) is 29.1 Å². The number of unbranched alkanes of at least 4 members (excludes halogenated alkanes) is 13. The van der Waals surface area contributed by atoms with Crippen molar-refractivity contribution < 1.29 is 14.7 Å². The highest BCUT2D eigenvalue weighted by Crippen LogP contribution is 2.26. The summed E-state index contributed by atoms with van der Waals surface area (Å²) in [4.78, 5) is 21.2. The molecule has 1 N–H and O–H groups in total. The largest absolute Gasteiger partial charge is 0.481 e. The van der Waals surface area contributed by atoms with Crippen LogP contribution in [0.15, 0.2) is 60.8 Å². The van der Waals surface area contributed by atoms with Gasteiger partial charge in [0.2, 0.25) is 0 Å². The third kappa shape index (κ3) is 36.3. The average Bonchev–Trinajstić information content (AvgIpc) is 2.97. The summed E-state index contributed by atoms with van der Waals surface area (Å²) in [6.45, 7) is 19.6. The highest BCUT2D eigenvalue weighted by Gasteiger charge is 2.13. The van der Waals surface area contributed by atoms with Crippen LogP contribution in [0, 0.1) is 16.2 Å². The molecule has 0 rings (SSSR count). The zero-order valence-electron chi connectivity index (χ0n) is 32.0. The number of ketones is 1. The second-order valence-electron chi connectivity index (χ2n) is 15.0. The van der Waals surface area contributed by atoms with E-state index in [1.54, 1.807) is 6.92 Å². The second kappa shape index (κ2) is 29.0. The number of carboxylic acids is 1. The van der Waals surface area contributed by atoms with Crippen LogP contribution >= 0.6 is 0 Å². The fourth-order valence-corrected chi connectivity index (χ4v) is 4.93. The lowest BCUT2D eigenvalue weighted by molar-refractivity contribution is -0.137. The molecule has 0 bridgehead atoms. The Hall–Kier alpha value is -2.16. The Morgan fingerprint density at radius 2 is 0.826 bits per heavy atom. The van der Waals surface area contributed by atoms with Gasteiger partial charge in [-0.2, -0.15) is 0 Å². The van der Waals surface area contributed by atoms with Gasteiger partial charge in [-0.05, 0) is 64.7 Å². The minimum atomic E-state index is -0.673. The van der Waals surface area contributed by atoms with Gasteiger partial charge in [-0.1, -0.05) is 168 Å². The fraction of sp³-hybridized carbons (Fsp3) is 0.721. The molecule has 0 saturated carbocycles. The molecule has 266 valence electrons. The Labute approximate surface area is 287 Å². The lowest BCUT2D eigenvalue weighted by atomic mass is 9.85. The highest BCUT2D eigenvalue weighted by molar-refractivity contribution is 5.75. The Balaban J connectivity index is 0. The molecule has 0 fully saturated rings. The first-order chi connectivity index (χ1) is 21.7. The maximum Gasteiger partial charge on any atom is 0.303 e. The van der Waals surface area contributed by atoms with Gasteiger partial charge in [-0.15, -0.1) is 0 Å². The normalized spacial score (nSPS) is 13.1. The molecule has 0 aromatic rings. The van der Waals surface area contributed by atoms with E-state index in [9.17, 15) is 9.59 Å². The molecular weight excluding hydrogens is 564 g/mol. The van der Waals surface area contributed by atoms with Crippen LogP contribution in [0.4, 0.5) is 0 Å². The quantitative estimate of drug-likeness (QED) is 0.0718. The van der Waals surface area contributed by atoms with Gasteiger partial charge < -0.3 is 9.90 Å². The smallest absolute Gasteiger partial charge is 0.303 e. The van der Waals surface area contributed by atoms with E-state index in [-0.39, 0.29) is 16.2 Å². The number of carboxylic acid groups (broad SMARTS) is 1. The SMILES string of the molecule is CC/C=C\C(C)(C)/C=C\C(C)(C)/C=C\CCCCCCCC(C)=O.CCCCC/C=C\C(C)(C)/C=C\CCCCCCCC(=O)O. The maximum atomic E-state index is 10.9. The van der Waals surface area contributed by atoms with Crippen molar-refractivity contribution in [3.63, 3.8) is 0 Å². The molecule has 0 spiro atoms. The Morgan fingerprint density at radius 1 is 0.478 bits per heavy atom. The fourth-order valence-electron chi connectivity index (χ4n) is 4.93. The third-order valence-electron chi connectivity index (χ3n) is 8.00. The lowest BCUT2D eigenvalue weighted by Gasteiger charge is -2.20. The average molecular weight is 641 g/mol. The number of hydrogen-bond donors (Lipinski definition) is 1. The van der Waals surface area contributed by atoms with Crippen LogP contribution in [0.2, 0.25) is 0 Å². The van der Waals surface area contributed by atoms with E-state index in [1.165, 1.54) is 64.2 Å². The molecule has 0 unspecified atom stereocenters. The summed E-state index contributed by atoms with van der Waals surface area (Å²) in [5.74, 6) is -0.352. The Morgan fingerprint density at radius 3 is 1.22 bits per heavy atom. The van der Waals surface area contributed by atoms with Gasteiger partial charge >= 0.3 is 5.97 Å². The van der Waals surface area contributed by atoms with Crippen LogP contribution in [0.3, 0.4) is 0 Å². The zero-order valence-corrected chi connectivity index (χ0v) is 32.0. The molecule has 0 radical (unpaired) electrons. The highest BCUT2D eigenvalue weighted by atomic mass is 16.4. The van der Waals surface area contributed by atoms with E-state index < -0.39 is 5.97 Å². The minimum absolute atomic E-state index is 0.110. The van der Waals surface area contributed by atoms with Crippen molar-refractivity contribution in [2.75, 3.05) is 0 Å². The van der Waals surface area contributed by atoms with Crippen molar-refractivity contribution in [3.05, 3.63) is 60.8 Å². The third-order valence-corrected chi connectivity index (χ3v) is 8.00. The van der Waals surface area contributed by atoms with Crippen LogP contribution in [0.25, 0.3) is 0 Å². The topological polar surface area (TPSA) is 54.4 Å². The molecule has 3 heteroatoms. The van der Waals surface area contributed by atoms with Crippen molar-refractivity contribution in [2.45, 2.75) is 184 Å². The molecule has 0 heterocycles. The molecule has 0 aliphatic carbocycles. The summed E-state index contributed by atoms with van der Waals surface area (Å²) in [5, 5.41) is 8.55. The van der Waals surface area contributed by atoms with E-state index in [4.69, 9.17) is 5.11 Å². The van der Waals surface area contributed by atoms with Crippen molar-refractivity contribution in [3.8, 4) is 0 Å². The number of hydrogen-bond acceptors (Lipinski definition) is 2. The van der Waals surface area contributed by atoms with E-state index >= 15 is 0 Å². The van der Waals surface area contributed by atoms with Crippen LogP contribution in [-0.2, 0) is 9.59 Å². The van der Waals surface area contributed by atoms with Crippen LogP contribution in [0.5, 0.6) is 0 Å². The molecule has 0 saturated heterocycles. The zero-order chi connectivity index (χ0) is 35.2. The van der Waals surface area contributed by atoms with Crippen molar-refractivity contribution >= 4 is 11.8 Å². The van der Waals surface area contributed by atoms with E-state index in [0.717, 1.165) is 51.4 Å². The first kappa shape index (κ1) is 46.0. The summed E-state index contributed by atoms with van der Waals surface area (Å²) >= 11 is 0. The number of allylic oxidation sites excluding steroid dienone is 10. The predicted molar refractivity (Wildman–Crippen MR) is 204 cm³/mol. The van der Waals surface area contributed by atoms with E-state index in [2.05, 4.69) is 116 Å². The molecule has 0 aliphatic rings. The van der Waals surface area contributed by atoms with Gasteiger partial charge in [-0.25, -0.2) is 0 Å². The number of carbonyl (C=O) groups excluding carboxylic acids is 1. The molecular formula is C43H76O3. The van der Waals surface area contributed by atoms with Gasteiger partial charge in [0.1, 0.15) is 5.78 Å². The maximum absolute atomic E-state index is 10.9. The number of rotatable bonds is 27. The summed E-state index contributed by atoms with van der Waals surface area (Å²) in [7, 11) is 0. The van der Waals surface area contributed by atoms with Gasteiger partial charge in [0.15, 0.2) is 0 Å². The first-order valence-corrected chi connectivity index (χ1v) is 18.8. The summed E-state index contributed by atoms with van der Waals surface area (Å²) in [6.07, 6.45) is 44.1. The van der Waals surface area contributed by atoms with Gasteiger partial charge in [-0.3, -0.25) is 4.79 Å². The van der Waals surface area contributed by atoms with Crippen molar-refractivity contribution in [2.24, 2.45) is 16.2 Å². The second-order valence-corrected chi connectivity index (χ2v) is 15.0. The summed E-state index contributed by atoms with van der Waals surface area (Å²) < 4.78 is 0. The standard InChI is InChI=1S/C23H40O.C20H36O2/c1-7-8-17-22(3,4)19-20-23(5,6)18-15-13-11-9-10-12-14-16-21(2)24;1-4-5-6-11-14-17-20(2,3)18-15-12-9-7-8-10-13-16-19(21)22/h8,15,17-20H,7,9-14,16H2,1-6H3;14-15,17-18H,4-13,16H2,1-3H3,(H,21,22)/b17-8-,18-15-,20-19-;17-14-,18-15-. The van der Waals surface area contributed by atoms with Crippen molar-refractivity contribution in [1.29, 1.82) is 0 Å². The molecule has 0 aromatic carbocycles. The number of aliphatic carboxylic acids is 1. The van der Waals surface area contributed by atoms with Crippen LogP contribution < -0.4 is 0 Å². The first-order valence-electron chi connectivity index (χ1n) is 18.8. The minimum Gasteiger partial charge on any atom is -0.481 e. The van der Waals surface area contributed by atoms with Crippen LogP contribution in [0.1, 0.15) is 184 Å².